The number of carboxylic acid groups (broad SMARTS) is 1. The van der Waals surface area contributed by atoms with Crippen molar-refractivity contribution in [1.82, 2.24) is 0 Å². The summed E-state index contributed by atoms with van der Waals surface area (Å²) in [5.74, 6) is 0.466. The zero-order valence-corrected chi connectivity index (χ0v) is 25.3. The van der Waals surface area contributed by atoms with Crippen molar-refractivity contribution in [2.75, 3.05) is 11.9 Å². The van der Waals surface area contributed by atoms with Gasteiger partial charge in [-0.3, -0.25) is 4.79 Å². The van der Waals surface area contributed by atoms with Gasteiger partial charge in [0.15, 0.2) is 0 Å². The van der Waals surface area contributed by atoms with Crippen LogP contribution in [0.3, 0.4) is 0 Å². The third kappa shape index (κ3) is 8.90. The van der Waals surface area contributed by atoms with E-state index in [-0.39, 0.29) is 54.6 Å². The summed E-state index contributed by atoms with van der Waals surface area (Å²) >= 11 is 0. The SMILES string of the molecule is Cc1c(OC(C)c2ccc(CC(C)C)cc2)ccc(C(=O)Nc2ccccc2OCCCC(=O)[O-])c1C.[Na+]. The number of aliphatic carboxylic acids is 1. The Balaban J connectivity index is 0.00000507. The molecule has 3 rings (SSSR count). The molecule has 1 atom stereocenters. The summed E-state index contributed by atoms with van der Waals surface area (Å²) in [6.45, 7) is 10.5. The summed E-state index contributed by atoms with van der Waals surface area (Å²) < 4.78 is 12.0. The number of hydrogen-bond donors (Lipinski definition) is 1. The molecule has 1 amide bonds. The Morgan fingerprint density at radius 3 is 2.24 bits per heavy atom. The van der Waals surface area contributed by atoms with E-state index in [9.17, 15) is 14.7 Å². The normalized spacial score (nSPS) is 11.4. The summed E-state index contributed by atoms with van der Waals surface area (Å²) in [6.07, 6.45) is 1.16. The van der Waals surface area contributed by atoms with Gasteiger partial charge in [-0.15, -0.1) is 0 Å². The van der Waals surface area contributed by atoms with Crippen LogP contribution in [0.25, 0.3) is 0 Å². The molecule has 0 aromatic heterocycles. The van der Waals surface area contributed by atoms with Gasteiger partial charge in [0.1, 0.15) is 17.6 Å². The van der Waals surface area contributed by atoms with Crippen LogP contribution in [0.1, 0.15) is 72.3 Å². The molecule has 7 heteroatoms. The van der Waals surface area contributed by atoms with E-state index in [1.54, 1.807) is 30.3 Å². The van der Waals surface area contributed by atoms with Crippen LogP contribution in [0, 0.1) is 19.8 Å². The maximum absolute atomic E-state index is 13.1. The van der Waals surface area contributed by atoms with Crippen molar-refractivity contribution < 1.29 is 53.7 Å². The molecule has 38 heavy (non-hydrogen) atoms. The van der Waals surface area contributed by atoms with Gasteiger partial charge in [0.05, 0.1) is 12.3 Å². The quantitative estimate of drug-likeness (QED) is 0.290. The van der Waals surface area contributed by atoms with Crippen LogP contribution >= 0.6 is 0 Å². The van der Waals surface area contributed by atoms with Gasteiger partial charge in [0.2, 0.25) is 0 Å². The maximum atomic E-state index is 13.1. The van der Waals surface area contributed by atoms with Crippen LogP contribution in [0.15, 0.2) is 60.7 Å². The fourth-order valence-corrected chi connectivity index (χ4v) is 4.11. The molecule has 0 heterocycles. The maximum Gasteiger partial charge on any atom is 1.00 e. The molecule has 0 saturated heterocycles. The van der Waals surface area contributed by atoms with Crippen molar-refractivity contribution in [3.63, 3.8) is 0 Å². The number of rotatable bonds is 12. The predicted molar refractivity (Wildman–Crippen MR) is 144 cm³/mol. The molecular formula is C31H36NNaO5. The number of para-hydroxylation sites is 2. The van der Waals surface area contributed by atoms with E-state index in [1.165, 1.54) is 5.56 Å². The van der Waals surface area contributed by atoms with E-state index in [0.717, 1.165) is 28.9 Å². The number of hydrogen-bond acceptors (Lipinski definition) is 5. The average molecular weight is 526 g/mol. The second-order valence-corrected chi connectivity index (χ2v) is 9.74. The fraction of sp³-hybridized carbons (Fsp3) is 0.355. The summed E-state index contributed by atoms with van der Waals surface area (Å²) in [7, 11) is 0. The van der Waals surface area contributed by atoms with Gasteiger partial charge in [0, 0.05) is 11.5 Å². The monoisotopic (exact) mass is 525 g/mol. The first kappa shape index (κ1) is 31.4. The molecule has 0 fully saturated rings. The third-order valence-electron chi connectivity index (χ3n) is 6.30. The molecule has 196 valence electrons. The number of nitrogens with one attached hydrogen (secondary N) is 1. The van der Waals surface area contributed by atoms with E-state index < -0.39 is 5.97 Å². The van der Waals surface area contributed by atoms with Gasteiger partial charge >= 0.3 is 29.6 Å². The Hall–Kier alpha value is -2.80. The first-order valence-electron chi connectivity index (χ1n) is 12.7. The molecule has 1 unspecified atom stereocenters. The molecule has 0 aliphatic heterocycles. The number of carboxylic acids is 1. The van der Waals surface area contributed by atoms with Gasteiger partial charge in [-0.1, -0.05) is 50.2 Å². The minimum Gasteiger partial charge on any atom is -0.550 e. The molecule has 6 nitrogen and oxygen atoms in total. The van der Waals surface area contributed by atoms with Crippen LogP contribution in [-0.2, 0) is 11.2 Å². The van der Waals surface area contributed by atoms with E-state index in [0.29, 0.717) is 29.3 Å². The standard InChI is InChI=1S/C31H37NO5.Na/c1-20(2)19-24-12-14-25(15-13-24)23(5)37-28-17-16-26(21(3)22(28)4)31(35)32-27-9-6-7-10-29(27)36-18-8-11-30(33)34;/h6-7,9-10,12-17,20,23H,8,11,18-19H2,1-5H3,(H,32,35)(H,33,34);/q;+1/p-1. The molecule has 0 saturated carbocycles. The Bertz CT molecular complexity index is 1220. The molecule has 3 aromatic carbocycles. The summed E-state index contributed by atoms with van der Waals surface area (Å²) in [5, 5.41) is 13.5. The Morgan fingerprint density at radius 1 is 0.895 bits per heavy atom. The van der Waals surface area contributed by atoms with Crippen LogP contribution in [0.4, 0.5) is 5.69 Å². The zero-order chi connectivity index (χ0) is 26.9. The first-order chi connectivity index (χ1) is 17.7. The average Bonchev–Trinajstić information content (AvgIpc) is 2.85. The molecule has 0 spiro atoms. The predicted octanol–water partition coefficient (Wildman–Crippen LogP) is 2.81. The number of anilines is 1. The van der Waals surface area contributed by atoms with E-state index in [1.807, 2.05) is 26.8 Å². The van der Waals surface area contributed by atoms with Crippen LogP contribution < -0.4 is 49.5 Å². The van der Waals surface area contributed by atoms with E-state index in [2.05, 4.69) is 43.4 Å². The minimum atomic E-state index is -1.11. The topological polar surface area (TPSA) is 87.7 Å². The van der Waals surface area contributed by atoms with Crippen molar-refractivity contribution in [1.29, 1.82) is 0 Å². The van der Waals surface area contributed by atoms with Gasteiger partial charge in [-0.05, 0) is 92.5 Å². The van der Waals surface area contributed by atoms with Crippen LogP contribution in [-0.4, -0.2) is 18.5 Å². The molecule has 0 aliphatic carbocycles. The van der Waals surface area contributed by atoms with Crippen molar-refractivity contribution in [2.24, 2.45) is 5.92 Å². The molecule has 3 aromatic rings. The smallest absolute Gasteiger partial charge is 0.550 e. The number of benzene rings is 3. The zero-order valence-electron chi connectivity index (χ0n) is 23.3. The second-order valence-electron chi connectivity index (χ2n) is 9.74. The van der Waals surface area contributed by atoms with Gasteiger partial charge in [-0.2, -0.15) is 0 Å². The molecule has 0 radical (unpaired) electrons. The Labute approximate surface area is 248 Å². The van der Waals surface area contributed by atoms with Gasteiger partial charge < -0.3 is 24.7 Å². The van der Waals surface area contributed by atoms with Crippen molar-refractivity contribution in [3.05, 3.63) is 88.5 Å². The number of carbonyl (C=O) groups excluding carboxylic acids is 2. The van der Waals surface area contributed by atoms with Crippen molar-refractivity contribution >= 4 is 17.6 Å². The van der Waals surface area contributed by atoms with Gasteiger partial charge in [0.25, 0.3) is 5.91 Å². The second kappa shape index (κ2) is 15.0. The number of ether oxygens (including phenoxy) is 2. The van der Waals surface area contributed by atoms with Crippen LogP contribution in [0.5, 0.6) is 11.5 Å². The minimum absolute atomic E-state index is 0. The molecule has 1 N–H and O–H groups in total. The number of carbonyl (C=O) groups is 2. The van der Waals surface area contributed by atoms with Gasteiger partial charge in [-0.25, -0.2) is 0 Å². The van der Waals surface area contributed by atoms with Crippen molar-refractivity contribution in [2.45, 2.75) is 60.0 Å². The summed E-state index contributed by atoms with van der Waals surface area (Å²) in [4.78, 5) is 23.7. The third-order valence-corrected chi connectivity index (χ3v) is 6.30. The largest absolute Gasteiger partial charge is 1.00 e. The van der Waals surface area contributed by atoms with Crippen molar-refractivity contribution in [3.8, 4) is 11.5 Å². The fourth-order valence-electron chi connectivity index (χ4n) is 4.11. The van der Waals surface area contributed by atoms with E-state index >= 15 is 0 Å². The molecule has 0 aliphatic rings. The van der Waals surface area contributed by atoms with E-state index in [4.69, 9.17) is 9.47 Å². The summed E-state index contributed by atoms with van der Waals surface area (Å²) in [6, 6.07) is 19.2. The summed E-state index contributed by atoms with van der Waals surface area (Å²) in [5.41, 5.74) is 5.22. The van der Waals surface area contributed by atoms with Crippen LogP contribution in [0.2, 0.25) is 0 Å². The Morgan fingerprint density at radius 2 is 1.58 bits per heavy atom. The number of amides is 1. The molecule has 0 bridgehead atoms. The Kier molecular flexibility index (Phi) is 12.4. The first-order valence-corrected chi connectivity index (χ1v) is 12.7. The molecular weight excluding hydrogens is 489 g/mol.